The molecule has 0 unspecified atom stereocenters. The van der Waals surface area contributed by atoms with Gasteiger partial charge >= 0.3 is 5.97 Å². The van der Waals surface area contributed by atoms with Gasteiger partial charge in [0.15, 0.2) is 5.69 Å². The van der Waals surface area contributed by atoms with Crippen LogP contribution in [0.1, 0.15) is 10.5 Å². The first-order chi connectivity index (χ1) is 14.2. The summed E-state index contributed by atoms with van der Waals surface area (Å²) in [6.45, 7) is -0.260. The molecule has 3 rings (SSSR count). The van der Waals surface area contributed by atoms with Crippen molar-refractivity contribution in [3.8, 4) is 5.75 Å². The van der Waals surface area contributed by atoms with E-state index >= 15 is 0 Å². The number of benzene rings is 2. The van der Waals surface area contributed by atoms with Gasteiger partial charge in [0.2, 0.25) is 15.7 Å². The van der Waals surface area contributed by atoms with Crippen molar-refractivity contribution in [2.75, 3.05) is 12.4 Å². The van der Waals surface area contributed by atoms with Crippen molar-refractivity contribution in [1.82, 2.24) is 9.78 Å². The second-order valence-corrected chi connectivity index (χ2v) is 8.49. The van der Waals surface area contributed by atoms with Crippen LogP contribution in [0, 0.1) is 0 Å². The van der Waals surface area contributed by atoms with E-state index in [4.69, 9.17) is 21.4 Å². The minimum atomic E-state index is -3.88. The highest BCUT2D eigenvalue weighted by Crippen LogP contribution is 2.29. The summed E-state index contributed by atoms with van der Waals surface area (Å²) in [6.07, 6.45) is 1.35. The highest BCUT2D eigenvalue weighted by molar-refractivity contribution is 7.91. The van der Waals surface area contributed by atoms with Crippen molar-refractivity contribution < 1.29 is 27.9 Å². The van der Waals surface area contributed by atoms with Gasteiger partial charge in [0.25, 0.3) is 0 Å². The van der Waals surface area contributed by atoms with E-state index in [0.717, 1.165) is 4.68 Å². The van der Waals surface area contributed by atoms with E-state index in [1.54, 1.807) is 0 Å². The molecule has 1 heterocycles. The van der Waals surface area contributed by atoms with E-state index in [1.807, 2.05) is 0 Å². The topological polar surface area (TPSA) is 128 Å². The molecule has 9 nitrogen and oxygen atoms in total. The lowest BCUT2D eigenvalue weighted by Crippen LogP contribution is -2.19. The molecule has 0 saturated heterocycles. The summed E-state index contributed by atoms with van der Waals surface area (Å²) in [5.41, 5.74) is -0.00183. The number of amides is 1. The maximum atomic E-state index is 12.9. The molecule has 11 heteroatoms. The average molecular weight is 450 g/mol. The number of aromatic carboxylic acids is 1. The predicted molar refractivity (Wildman–Crippen MR) is 108 cm³/mol. The van der Waals surface area contributed by atoms with Gasteiger partial charge in [0, 0.05) is 23.0 Å². The maximum absolute atomic E-state index is 12.9. The summed E-state index contributed by atoms with van der Waals surface area (Å²) in [6, 6.07) is 11.1. The second kappa shape index (κ2) is 8.56. The Morgan fingerprint density at radius 2 is 1.83 bits per heavy atom. The Bertz CT molecular complexity index is 1210. The fourth-order valence-corrected chi connectivity index (χ4v) is 4.02. The Hall–Kier alpha value is -3.37. The minimum absolute atomic E-state index is 0.0372. The van der Waals surface area contributed by atoms with E-state index in [-0.39, 0.29) is 33.5 Å². The third-order valence-corrected chi connectivity index (χ3v) is 6.00. The number of carbonyl (C=O) groups excluding carboxylic acids is 1. The number of sulfone groups is 1. The molecule has 1 amide bonds. The Morgan fingerprint density at radius 1 is 1.13 bits per heavy atom. The first-order valence-electron chi connectivity index (χ1n) is 8.45. The number of hydrogen-bond donors (Lipinski definition) is 2. The molecule has 0 radical (unpaired) electrons. The van der Waals surface area contributed by atoms with E-state index in [2.05, 4.69) is 10.4 Å². The molecule has 0 aliphatic heterocycles. The third kappa shape index (κ3) is 4.78. The lowest BCUT2D eigenvalue weighted by Gasteiger charge is -2.11. The zero-order chi connectivity index (χ0) is 21.9. The van der Waals surface area contributed by atoms with Crippen molar-refractivity contribution in [1.29, 1.82) is 0 Å². The van der Waals surface area contributed by atoms with Gasteiger partial charge in [0.05, 0.1) is 16.9 Å². The van der Waals surface area contributed by atoms with E-state index in [0.29, 0.717) is 5.02 Å². The molecule has 30 heavy (non-hydrogen) atoms. The quantitative estimate of drug-likeness (QED) is 0.567. The smallest absolute Gasteiger partial charge is 0.356 e. The SMILES string of the molecule is COc1cc(NC(=O)Cn2ccc(C(=O)O)n2)cc(S(=O)(=O)c2ccc(Cl)cc2)c1. The summed E-state index contributed by atoms with van der Waals surface area (Å²) >= 11 is 5.82. The van der Waals surface area contributed by atoms with Gasteiger partial charge < -0.3 is 15.2 Å². The number of carbonyl (C=O) groups is 2. The molecular formula is C19H16ClN3O6S. The number of halogens is 1. The Morgan fingerprint density at radius 3 is 2.43 bits per heavy atom. The van der Waals surface area contributed by atoms with Crippen LogP contribution in [0.3, 0.4) is 0 Å². The zero-order valence-corrected chi connectivity index (χ0v) is 17.1. The molecule has 0 atom stereocenters. The van der Waals surface area contributed by atoms with Gasteiger partial charge in [0.1, 0.15) is 12.3 Å². The summed E-state index contributed by atoms with van der Waals surface area (Å²) in [4.78, 5) is 23.1. The van der Waals surface area contributed by atoms with Crippen LogP contribution in [-0.4, -0.2) is 42.3 Å². The van der Waals surface area contributed by atoms with Crippen molar-refractivity contribution in [2.24, 2.45) is 0 Å². The molecule has 0 bridgehead atoms. The number of rotatable bonds is 7. The Kier molecular flexibility index (Phi) is 6.09. The zero-order valence-electron chi connectivity index (χ0n) is 15.6. The second-order valence-electron chi connectivity index (χ2n) is 6.11. The summed E-state index contributed by atoms with van der Waals surface area (Å²) in [7, 11) is -2.51. The summed E-state index contributed by atoms with van der Waals surface area (Å²) in [5, 5.41) is 15.6. The van der Waals surface area contributed by atoms with Gasteiger partial charge in [-0.05, 0) is 42.5 Å². The molecule has 0 aliphatic carbocycles. The maximum Gasteiger partial charge on any atom is 0.356 e. The number of nitrogens with zero attached hydrogens (tertiary/aromatic N) is 2. The van der Waals surface area contributed by atoms with Gasteiger partial charge in [-0.15, -0.1) is 0 Å². The largest absolute Gasteiger partial charge is 0.497 e. The number of methoxy groups -OCH3 is 1. The van der Waals surface area contributed by atoms with Crippen LogP contribution in [0.25, 0.3) is 0 Å². The number of carboxylic acid groups (broad SMARTS) is 1. The number of aromatic nitrogens is 2. The van der Waals surface area contributed by atoms with Crippen LogP contribution in [-0.2, 0) is 21.2 Å². The standard InChI is InChI=1S/C19H16ClN3O6S/c1-29-14-8-13(21-18(24)11-23-7-6-17(22-23)19(25)26)9-16(10-14)30(27,28)15-4-2-12(20)3-5-15/h2-10H,11H2,1H3,(H,21,24)(H,25,26). The van der Waals surface area contributed by atoms with Gasteiger partial charge in [-0.25, -0.2) is 13.2 Å². The lowest BCUT2D eigenvalue weighted by molar-refractivity contribution is -0.116. The van der Waals surface area contributed by atoms with Crippen molar-refractivity contribution in [3.63, 3.8) is 0 Å². The number of hydrogen-bond acceptors (Lipinski definition) is 6. The van der Waals surface area contributed by atoms with Crippen molar-refractivity contribution in [2.45, 2.75) is 16.3 Å². The predicted octanol–water partition coefficient (Wildman–Crippen LogP) is 2.71. The van der Waals surface area contributed by atoms with E-state index < -0.39 is 21.7 Å². The monoisotopic (exact) mass is 449 g/mol. The van der Waals surface area contributed by atoms with Crippen LogP contribution >= 0.6 is 11.6 Å². The van der Waals surface area contributed by atoms with Gasteiger partial charge in [-0.1, -0.05) is 11.6 Å². The van der Waals surface area contributed by atoms with E-state index in [1.165, 1.54) is 61.8 Å². The number of carboxylic acids is 1. The van der Waals surface area contributed by atoms with Crippen LogP contribution < -0.4 is 10.1 Å². The minimum Gasteiger partial charge on any atom is -0.497 e. The first-order valence-corrected chi connectivity index (χ1v) is 10.3. The van der Waals surface area contributed by atoms with Gasteiger partial charge in [-0.3, -0.25) is 9.48 Å². The lowest BCUT2D eigenvalue weighted by atomic mass is 10.3. The molecule has 156 valence electrons. The van der Waals surface area contributed by atoms with Crippen LogP contribution in [0.15, 0.2) is 64.5 Å². The van der Waals surface area contributed by atoms with Crippen LogP contribution in [0.2, 0.25) is 5.02 Å². The fraction of sp³-hybridized carbons (Fsp3) is 0.105. The van der Waals surface area contributed by atoms with Crippen LogP contribution in [0.5, 0.6) is 5.75 Å². The van der Waals surface area contributed by atoms with Crippen molar-refractivity contribution in [3.05, 3.63) is 65.4 Å². The molecule has 0 saturated carbocycles. The Labute approximate surface area is 176 Å². The molecule has 0 aliphatic rings. The number of nitrogens with one attached hydrogen (secondary N) is 1. The molecule has 2 aromatic carbocycles. The van der Waals surface area contributed by atoms with Crippen LogP contribution in [0.4, 0.5) is 5.69 Å². The molecule has 1 aromatic heterocycles. The Balaban J connectivity index is 1.85. The van der Waals surface area contributed by atoms with Crippen molar-refractivity contribution >= 4 is 39.0 Å². The van der Waals surface area contributed by atoms with Gasteiger partial charge in [-0.2, -0.15) is 5.10 Å². The number of anilines is 1. The highest BCUT2D eigenvalue weighted by atomic mass is 35.5. The molecule has 3 aromatic rings. The normalized spacial score (nSPS) is 11.1. The fourth-order valence-electron chi connectivity index (χ4n) is 2.58. The summed E-state index contributed by atoms with van der Waals surface area (Å²) < 4.78 is 32.2. The summed E-state index contributed by atoms with van der Waals surface area (Å²) in [5.74, 6) is -1.51. The third-order valence-electron chi connectivity index (χ3n) is 4.00. The molecular weight excluding hydrogens is 434 g/mol. The van der Waals surface area contributed by atoms with E-state index in [9.17, 15) is 18.0 Å². The molecule has 0 fully saturated rings. The average Bonchev–Trinajstić information content (AvgIpc) is 3.16. The number of ether oxygens (including phenoxy) is 1. The highest BCUT2D eigenvalue weighted by Gasteiger charge is 2.20. The first kappa shape index (κ1) is 21.3. The molecule has 2 N–H and O–H groups in total. The molecule has 0 spiro atoms.